The van der Waals surface area contributed by atoms with E-state index in [1.54, 1.807) is 44.4 Å². The molecule has 0 spiro atoms. The number of amides is 1. The summed E-state index contributed by atoms with van der Waals surface area (Å²) < 4.78 is 25.1. The molecule has 130 valence electrons. The van der Waals surface area contributed by atoms with Gasteiger partial charge in [-0.05, 0) is 35.9 Å². The van der Waals surface area contributed by atoms with Crippen molar-refractivity contribution in [2.45, 2.75) is 6.54 Å². The second-order valence-electron chi connectivity index (χ2n) is 5.61. The predicted octanol–water partition coefficient (Wildman–Crippen LogP) is 4.33. The normalized spacial score (nSPS) is 10.7. The van der Waals surface area contributed by atoms with Crippen LogP contribution in [0.15, 0.2) is 42.5 Å². The van der Waals surface area contributed by atoms with Crippen LogP contribution in [0.4, 0.5) is 4.39 Å². The van der Waals surface area contributed by atoms with Gasteiger partial charge in [0.2, 0.25) is 0 Å². The third kappa shape index (κ3) is 3.44. The lowest BCUT2D eigenvalue weighted by atomic mass is 10.2. The minimum atomic E-state index is -0.310. The SMILES string of the molecule is COc1ccc(CN(C)C(=O)c2cc3c(F)cccc3s2)cc1OC. The van der Waals surface area contributed by atoms with Gasteiger partial charge in [0, 0.05) is 23.7 Å². The Balaban J connectivity index is 1.81. The average molecular weight is 359 g/mol. The van der Waals surface area contributed by atoms with E-state index in [0.29, 0.717) is 28.3 Å². The summed E-state index contributed by atoms with van der Waals surface area (Å²) in [4.78, 5) is 14.8. The summed E-state index contributed by atoms with van der Waals surface area (Å²) in [7, 11) is 4.87. The zero-order valence-electron chi connectivity index (χ0n) is 14.2. The summed E-state index contributed by atoms with van der Waals surface area (Å²) in [6.45, 7) is 0.413. The number of hydrogen-bond donors (Lipinski definition) is 0. The second kappa shape index (κ2) is 7.11. The van der Waals surface area contributed by atoms with Gasteiger partial charge in [0.15, 0.2) is 11.5 Å². The highest BCUT2D eigenvalue weighted by Gasteiger charge is 2.17. The van der Waals surface area contributed by atoms with Gasteiger partial charge in [0.1, 0.15) is 5.82 Å². The van der Waals surface area contributed by atoms with Crippen LogP contribution in [0.2, 0.25) is 0 Å². The number of nitrogens with zero attached hydrogens (tertiary/aromatic N) is 1. The van der Waals surface area contributed by atoms with Gasteiger partial charge in [0.05, 0.1) is 19.1 Å². The maximum absolute atomic E-state index is 13.8. The molecule has 0 aliphatic carbocycles. The zero-order valence-corrected chi connectivity index (χ0v) is 15.0. The van der Waals surface area contributed by atoms with Crippen molar-refractivity contribution in [1.82, 2.24) is 4.90 Å². The molecule has 0 fully saturated rings. The first kappa shape index (κ1) is 17.2. The van der Waals surface area contributed by atoms with Crippen molar-refractivity contribution in [3.05, 3.63) is 58.7 Å². The number of rotatable bonds is 5. The van der Waals surface area contributed by atoms with Crippen LogP contribution < -0.4 is 9.47 Å². The van der Waals surface area contributed by atoms with Crippen LogP contribution in [-0.4, -0.2) is 32.1 Å². The summed E-state index contributed by atoms with van der Waals surface area (Å²) >= 11 is 1.30. The van der Waals surface area contributed by atoms with Crippen molar-refractivity contribution in [1.29, 1.82) is 0 Å². The fourth-order valence-electron chi connectivity index (χ4n) is 2.64. The van der Waals surface area contributed by atoms with Gasteiger partial charge in [-0.3, -0.25) is 4.79 Å². The van der Waals surface area contributed by atoms with Gasteiger partial charge in [0.25, 0.3) is 5.91 Å². The molecule has 3 aromatic rings. The van der Waals surface area contributed by atoms with Crippen molar-refractivity contribution in [3.63, 3.8) is 0 Å². The number of hydrogen-bond acceptors (Lipinski definition) is 4. The first-order chi connectivity index (χ1) is 12.0. The Hall–Kier alpha value is -2.60. The molecule has 1 heterocycles. The summed E-state index contributed by atoms with van der Waals surface area (Å²) in [6.07, 6.45) is 0. The van der Waals surface area contributed by atoms with Gasteiger partial charge in [-0.2, -0.15) is 0 Å². The minimum absolute atomic E-state index is 0.143. The summed E-state index contributed by atoms with van der Waals surface area (Å²) in [5.74, 6) is 0.802. The van der Waals surface area contributed by atoms with E-state index in [1.165, 1.54) is 17.4 Å². The Kier molecular flexibility index (Phi) is 4.90. The molecule has 0 saturated carbocycles. The van der Waals surface area contributed by atoms with E-state index in [0.717, 1.165) is 10.3 Å². The molecule has 0 bridgehead atoms. The van der Waals surface area contributed by atoms with Gasteiger partial charge in [-0.1, -0.05) is 12.1 Å². The highest BCUT2D eigenvalue weighted by molar-refractivity contribution is 7.20. The van der Waals surface area contributed by atoms with Crippen molar-refractivity contribution >= 4 is 27.3 Å². The molecule has 0 N–H and O–H groups in total. The van der Waals surface area contributed by atoms with Crippen LogP contribution >= 0.6 is 11.3 Å². The Labute approximate surface area is 149 Å². The largest absolute Gasteiger partial charge is 0.493 e. The highest BCUT2D eigenvalue weighted by atomic mass is 32.1. The molecule has 1 aromatic heterocycles. The molecule has 2 aromatic carbocycles. The first-order valence-corrected chi connectivity index (χ1v) is 8.49. The number of methoxy groups -OCH3 is 2. The van der Waals surface area contributed by atoms with Crippen LogP contribution in [0.1, 0.15) is 15.2 Å². The fraction of sp³-hybridized carbons (Fsp3) is 0.211. The molecule has 1 amide bonds. The van der Waals surface area contributed by atoms with Crippen molar-refractivity contribution < 1.29 is 18.7 Å². The molecule has 0 aliphatic heterocycles. The standard InChI is InChI=1S/C19H18FNO3S/c1-21(11-12-7-8-15(23-2)16(9-12)24-3)19(22)18-10-13-14(20)5-4-6-17(13)25-18/h4-10H,11H2,1-3H3. The molecule has 0 unspecified atom stereocenters. The minimum Gasteiger partial charge on any atom is -0.493 e. The smallest absolute Gasteiger partial charge is 0.264 e. The van der Waals surface area contributed by atoms with Crippen molar-refractivity contribution in [3.8, 4) is 11.5 Å². The second-order valence-corrected chi connectivity index (χ2v) is 6.70. The average Bonchev–Trinajstić information content (AvgIpc) is 3.06. The number of benzene rings is 2. The van der Waals surface area contributed by atoms with E-state index in [9.17, 15) is 9.18 Å². The molecular formula is C19H18FNO3S. The van der Waals surface area contributed by atoms with Crippen LogP contribution in [0, 0.1) is 5.82 Å². The first-order valence-electron chi connectivity index (χ1n) is 7.68. The monoisotopic (exact) mass is 359 g/mol. The zero-order chi connectivity index (χ0) is 18.0. The quantitative estimate of drug-likeness (QED) is 0.681. The lowest BCUT2D eigenvalue weighted by Gasteiger charge is -2.17. The van der Waals surface area contributed by atoms with Gasteiger partial charge < -0.3 is 14.4 Å². The lowest BCUT2D eigenvalue weighted by molar-refractivity contribution is 0.0790. The third-order valence-corrected chi connectivity index (χ3v) is 5.02. The molecule has 6 heteroatoms. The van der Waals surface area contributed by atoms with Crippen LogP contribution in [-0.2, 0) is 6.54 Å². The number of carbonyl (C=O) groups is 1. The fourth-order valence-corrected chi connectivity index (χ4v) is 3.71. The van der Waals surface area contributed by atoms with Crippen LogP contribution in [0.5, 0.6) is 11.5 Å². The van der Waals surface area contributed by atoms with Gasteiger partial charge >= 0.3 is 0 Å². The summed E-state index contributed by atoms with van der Waals surface area (Å²) in [5, 5.41) is 0.482. The lowest BCUT2D eigenvalue weighted by Crippen LogP contribution is -2.25. The van der Waals surface area contributed by atoms with Crippen molar-refractivity contribution in [2.75, 3.05) is 21.3 Å². The van der Waals surface area contributed by atoms with E-state index >= 15 is 0 Å². The van der Waals surface area contributed by atoms with Gasteiger partial charge in [-0.15, -0.1) is 11.3 Å². The Morgan fingerprint density at radius 1 is 1.12 bits per heavy atom. The number of halogens is 1. The van der Waals surface area contributed by atoms with Crippen LogP contribution in [0.3, 0.4) is 0 Å². The molecule has 0 atom stereocenters. The molecule has 0 saturated heterocycles. The number of carbonyl (C=O) groups excluding carboxylic acids is 1. The van der Waals surface area contributed by atoms with E-state index < -0.39 is 0 Å². The summed E-state index contributed by atoms with van der Waals surface area (Å²) in [5.41, 5.74) is 0.917. The number of thiophene rings is 1. The Morgan fingerprint density at radius 3 is 2.56 bits per heavy atom. The van der Waals surface area contributed by atoms with Crippen molar-refractivity contribution in [2.24, 2.45) is 0 Å². The molecular weight excluding hydrogens is 341 g/mol. The topological polar surface area (TPSA) is 38.8 Å². The van der Waals surface area contributed by atoms with E-state index in [1.807, 2.05) is 18.2 Å². The molecule has 4 nitrogen and oxygen atoms in total. The number of fused-ring (bicyclic) bond motifs is 1. The Morgan fingerprint density at radius 2 is 1.88 bits per heavy atom. The maximum atomic E-state index is 13.8. The summed E-state index contributed by atoms with van der Waals surface area (Å²) in [6, 6.07) is 12.0. The molecule has 25 heavy (non-hydrogen) atoms. The molecule has 0 radical (unpaired) electrons. The maximum Gasteiger partial charge on any atom is 0.264 e. The van der Waals surface area contributed by atoms with E-state index in [4.69, 9.17) is 9.47 Å². The van der Waals surface area contributed by atoms with Gasteiger partial charge in [-0.25, -0.2) is 4.39 Å². The third-order valence-electron chi connectivity index (χ3n) is 3.93. The molecule has 0 aliphatic rings. The highest BCUT2D eigenvalue weighted by Crippen LogP contribution is 2.30. The van der Waals surface area contributed by atoms with E-state index in [2.05, 4.69) is 0 Å². The Bertz CT molecular complexity index is 922. The van der Waals surface area contributed by atoms with Crippen LogP contribution in [0.25, 0.3) is 10.1 Å². The van der Waals surface area contributed by atoms with E-state index in [-0.39, 0.29) is 11.7 Å². The predicted molar refractivity (Wildman–Crippen MR) is 97.1 cm³/mol. The number of ether oxygens (including phenoxy) is 2. The molecule has 3 rings (SSSR count).